The van der Waals surface area contributed by atoms with Crippen LogP contribution in [0.5, 0.6) is 0 Å². The van der Waals surface area contributed by atoms with E-state index in [2.05, 4.69) is 19.2 Å². The molecule has 1 nitrogen and oxygen atoms in total. The first kappa shape index (κ1) is 18.4. The molecule has 1 aromatic rings. The maximum absolute atomic E-state index is 13.6. The highest BCUT2D eigenvalue weighted by Crippen LogP contribution is 2.24. The Balaban J connectivity index is 2.37. The zero-order valence-electron chi connectivity index (χ0n) is 13.4. The summed E-state index contributed by atoms with van der Waals surface area (Å²) in [5.74, 6) is -0.323. The molecule has 0 heterocycles. The zero-order valence-corrected chi connectivity index (χ0v) is 14.2. The smallest absolute Gasteiger partial charge is 0.142 e. The summed E-state index contributed by atoms with van der Waals surface area (Å²) in [6, 6.07) is 5.38. The maximum Gasteiger partial charge on any atom is 0.142 e. The third-order valence-corrected chi connectivity index (χ3v) is 4.20. The predicted molar refractivity (Wildman–Crippen MR) is 90.4 cm³/mol. The van der Waals surface area contributed by atoms with E-state index in [0.29, 0.717) is 0 Å². The van der Waals surface area contributed by atoms with Gasteiger partial charge in [-0.05, 0) is 30.7 Å². The number of hydrogen-bond acceptors (Lipinski definition) is 1. The van der Waals surface area contributed by atoms with Crippen molar-refractivity contribution in [3.8, 4) is 0 Å². The van der Waals surface area contributed by atoms with Gasteiger partial charge in [0.2, 0.25) is 0 Å². The van der Waals surface area contributed by atoms with Gasteiger partial charge < -0.3 is 5.32 Å². The lowest BCUT2D eigenvalue weighted by Crippen LogP contribution is -2.21. The SMILES string of the molecule is CCCCCCCCCC(NCC)c1ccc(Cl)c(F)c1. The minimum atomic E-state index is -0.323. The Hall–Kier alpha value is -0.600. The second-order valence-corrected chi connectivity index (χ2v) is 6.10. The molecule has 0 saturated heterocycles. The molecule has 1 aromatic carbocycles. The molecule has 21 heavy (non-hydrogen) atoms. The van der Waals surface area contributed by atoms with E-state index in [0.717, 1.165) is 18.5 Å². The first-order valence-electron chi connectivity index (χ1n) is 8.37. The van der Waals surface area contributed by atoms with Gasteiger partial charge in [0.05, 0.1) is 5.02 Å². The van der Waals surface area contributed by atoms with Crippen LogP contribution < -0.4 is 5.32 Å². The summed E-state index contributed by atoms with van der Waals surface area (Å²) in [6.45, 7) is 5.22. The Morgan fingerprint density at radius 3 is 2.33 bits per heavy atom. The normalized spacial score (nSPS) is 12.6. The van der Waals surface area contributed by atoms with Crippen molar-refractivity contribution in [3.05, 3.63) is 34.6 Å². The highest BCUT2D eigenvalue weighted by molar-refractivity contribution is 6.30. The highest BCUT2D eigenvalue weighted by Gasteiger charge is 2.12. The van der Waals surface area contributed by atoms with Crippen molar-refractivity contribution in [3.63, 3.8) is 0 Å². The molecule has 1 rings (SSSR count). The molecule has 0 radical (unpaired) electrons. The van der Waals surface area contributed by atoms with Crippen molar-refractivity contribution in [1.29, 1.82) is 0 Å². The van der Waals surface area contributed by atoms with Crippen molar-refractivity contribution in [2.75, 3.05) is 6.54 Å². The molecule has 0 aliphatic heterocycles. The number of benzene rings is 1. The fourth-order valence-electron chi connectivity index (χ4n) is 2.67. The van der Waals surface area contributed by atoms with Crippen LogP contribution in [0.15, 0.2) is 18.2 Å². The van der Waals surface area contributed by atoms with Gasteiger partial charge in [0.25, 0.3) is 0 Å². The summed E-state index contributed by atoms with van der Waals surface area (Å²) in [6.07, 6.45) is 10.2. The summed E-state index contributed by atoms with van der Waals surface area (Å²) in [5.41, 5.74) is 1.00. The van der Waals surface area contributed by atoms with Gasteiger partial charge in [-0.3, -0.25) is 0 Å². The zero-order chi connectivity index (χ0) is 15.5. The molecule has 0 bridgehead atoms. The van der Waals surface area contributed by atoms with Crippen LogP contribution in [-0.2, 0) is 0 Å². The molecule has 1 N–H and O–H groups in total. The fraction of sp³-hybridized carbons (Fsp3) is 0.667. The molecular formula is C18H29ClFN. The van der Waals surface area contributed by atoms with Crippen molar-refractivity contribution >= 4 is 11.6 Å². The van der Waals surface area contributed by atoms with Gasteiger partial charge in [0.15, 0.2) is 0 Å². The monoisotopic (exact) mass is 313 g/mol. The lowest BCUT2D eigenvalue weighted by molar-refractivity contribution is 0.473. The predicted octanol–water partition coefficient (Wildman–Crippen LogP) is 6.27. The third-order valence-electron chi connectivity index (χ3n) is 3.89. The number of hydrogen-bond donors (Lipinski definition) is 1. The van der Waals surface area contributed by atoms with Crippen LogP contribution in [0.1, 0.15) is 76.8 Å². The molecule has 0 saturated carbocycles. The summed E-state index contributed by atoms with van der Waals surface area (Å²) < 4.78 is 13.6. The summed E-state index contributed by atoms with van der Waals surface area (Å²) in [7, 11) is 0. The number of rotatable bonds is 11. The molecule has 0 aliphatic carbocycles. The topological polar surface area (TPSA) is 12.0 Å². The van der Waals surface area contributed by atoms with Gasteiger partial charge in [-0.1, -0.05) is 76.5 Å². The van der Waals surface area contributed by atoms with Crippen LogP contribution >= 0.6 is 11.6 Å². The van der Waals surface area contributed by atoms with Crippen LogP contribution in [0.3, 0.4) is 0 Å². The lowest BCUT2D eigenvalue weighted by atomic mass is 9.99. The Bertz CT molecular complexity index is 395. The molecule has 1 unspecified atom stereocenters. The quantitative estimate of drug-likeness (QED) is 0.475. The maximum atomic E-state index is 13.6. The second kappa shape index (κ2) is 11.0. The Labute approximate surface area is 134 Å². The molecular weight excluding hydrogens is 285 g/mol. The number of halogens is 2. The van der Waals surface area contributed by atoms with Gasteiger partial charge in [0, 0.05) is 6.04 Å². The molecule has 0 amide bonds. The molecule has 0 aromatic heterocycles. The van der Waals surface area contributed by atoms with Gasteiger partial charge in [-0.15, -0.1) is 0 Å². The van der Waals surface area contributed by atoms with E-state index in [-0.39, 0.29) is 16.9 Å². The standard InChI is InChI=1S/C18H29ClFN/c1-3-5-6-7-8-9-10-11-18(21-4-2)15-12-13-16(19)17(20)14-15/h12-14,18,21H,3-11H2,1-2H3. The minimum Gasteiger partial charge on any atom is -0.310 e. The van der Waals surface area contributed by atoms with E-state index in [9.17, 15) is 4.39 Å². The largest absolute Gasteiger partial charge is 0.310 e. The highest BCUT2D eigenvalue weighted by atomic mass is 35.5. The third kappa shape index (κ3) is 7.28. The molecule has 0 fully saturated rings. The van der Waals surface area contributed by atoms with Crippen LogP contribution in [0, 0.1) is 5.82 Å². The van der Waals surface area contributed by atoms with E-state index in [1.54, 1.807) is 12.1 Å². The summed E-state index contributed by atoms with van der Waals surface area (Å²) in [5, 5.41) is 3.65. The van der Waals surface area contributed by atoms with Crippen molar-refractivity contribution in [2.24, 2.45) is 0 Å². The van der Waals surface area contributed by atoms with Crippen LogP contribution in [0.25, 0.3) is 0 Å². The molecule has 0 aliphatic rings. The fourth-order valence-corrected chi connectivity index (χ4v) is 2.79. The first-order valence-corrected chi connectivity index (χ1v) is 8.75. The Morgan fingerprint density at radius 1 is 1.05 bits per heavy atom. The van der Waals surface area contributed by atoms with Crippen molar-refractivity contribution in [2.45, 2.75) is 71.3 Å². The van der Waals surface area contributed by atoms with E-state index in [1.165, 1.54) is 44.9 Å². The van der Waals surface area contributed by atoms with Crippen molar-refractivity contribution in [1.82, 2.24) is 5.32 Å². The second-order valence-electron chi connectivity index (χ2n) is 5.69. The van der Waals surface area contributed by atoms with E-state index < -0.39 is 0 Å². The van der Waals surface area contributed by atoms with Gasteiger partial charge in [-0.2, -0.15) is 0 Å². The summed E-state index contributed by atoms with van der Waals surface area (Å²) >= 11 is 5.75. The average molecular weight is 314 g/mol. The first-order chi connectivity index (χ1) is 10.2. The minimum absolute atomic E-state index is 0.199. The Morgan fingerprint density at radius 2 is 1.71 bits per heavy atom. The lowest BCUT2D eigenvalue weighted by Gasteiger charge is -2.18. The Kier molecular flexibility index (Phi) is 9.69. The molecule has 1 atom stereocenters. The van der Waals surface area contributed by atoms with Gasteiger partial charge in [0.1, 0.15) is 5.82 Å². The average Bonchev–Trinajstić information content (AvgIpc) is 2.48. The van der Waals surface area contributed by atoms with Crippen LogP contribution in [0.2, 0.25) is 5.02 Å². The van der Waals surface area contributed by atoms with Crippen LogP contribution in [0.4, 0.5) is 4.39 Å². The van der Waals surface area contributed by atoms with Gasteiger partial charge in [-0.25, -0.2) is 4.39 Å². The van der Waals surface area contributed by atoms with Gasteiger partial charge >= 0.3 is 0 Å². The molecule has 3 heteroatoms. The van der Waals surface area contributed by atoms with Crippen LogP contribution in [-0.4, -0.2) is 6.54 Å². The number of nitrogens with one attached hydrogen (secondary N) is 1. The van der Waals surface area contributed by atoms with E-state index >= 15 is 0 Å². The molecule has 120 valence electrons. The molecule has 0 spiro atoms. The van der Waals surface area contributed by atoms with Crippen molar-refractivity contribution < 1.29 is 4.39 Å². The van der Waals surface area contributed by atoms with E-state index in [4.69, 9.17) is 11.6 Å². The number of unbranched alkanes of at least 4 members (excludes halogenated alkanes) is 6. The van der Waals surface area contributed by atoms with E-state index in [1.807, 2.05) is 6.07 Å². The summed E-state index contributed by atoms with van der Waals surface area (Å²) in [4.78, 5) is 0.